The number of fused-ring (bicyclic) bond motifs is 3. The van der Waals surface area contributed by atoms with E-state index in [1.54, 1.807) is 12.1 Å². The predicted octanol–water partition coefficient (Wildman–Crippen LogP) is 1.07. The van der Waals surface area contributed by atoms with Crippen LogP contribution in [0, 0.1) is 11.3 Å². The monoisotopic (exact) mass is 309 g/mol. The number of nitriles is 1. The quantitative estimate of drug-likeness (QED) is 0.793. The van der Waals surface area contributed by atoms with Gasteiger partial charge in [-0.1, -0.05) is 0 Å². The van der Waals surface area contributed by atoms with Crippen molar-refractivity contribution in [3.8, 4) is 6.07 Å². The molecule has 2 aromatic rings. The van der Waals surface area contributed by atoms with Crippen molar-refractivity contribution in [1.82, 2.24) is 10.2 Å². The molecule has 0 aliphatic carbocycles. The van der Waals surface area contributed by atoms with Gasteiger partial charge in [-0.15, -0.1) is 0 Å². The minimum Gasteiger partial charge on any atom is -0.464 e. The van der Waals surface area contributed by atoms with E-state index in [9.17, 15) is 19.6 Å². The summed E-state index contributed by atoms with van der Waals surface area (Å²) in [4.78, 5) is 37.4. The average molecular weight is 309 g/mol. The molecule has 3 amide bonds. The smallest absolute Gasteiger partial charge is 0.255 e. The zero-order chi connectivity index (χ0) is 16.1. The Morgan fingerprint density at radius 1 is 1.35 bits per heavy atom. The second-order valence-electron chi connectivity index (χ2n) is 5.63. The number of nitrogens with one attached hydrogen (secondary N) is 1. The van der Waals surface area contributed by atoms with Gasteiger partial charge in [-0.05, 0) is 18.6 Å². The van der Waals surface area contributed by atoms with Crippen LogP contribution in [0.2, 0.25) is 0 Å². The minimum atomic E-state index is -0.678. The molecule has 1 fully saturated rings. The van der Waals surface area contributed by atoms with Crippen LogP contribution in [0.15, 0.2) is 22.8 Å². The van der Waals surface area contributed by atoms with Crippen molar-refractivity contribution in [2.75, 3.05) is 0 Å². The molecule has 7 heteroatoms. The van der Waals surface area contributed by atoms with Gasteiger partial charge in [0.2, 0.25) is 11.8 Å². The van der Waals surface area contributed by atoms with Crippen LogP contribution in [0.25, 0.3) is 11.0 Å². The van der Waals surface area contributed by atoms with Crippen molar-refractivity contribution < 1.29 is 18.8 Å². The molecular formula is C16H11N3O4. The van der Waals surface area contributed by atoms with Crippen LogP contribution in [0.5, 0.6) is 0 Å². The normalized spacial score (nSPS) is 20.6. The lowest BCUT2D eigenvalue weighted by Crippen LogP contribution is -2.52. The molecule has 1 saturated heterocycles. The van der Waals surface area contributed by atoms with Crippen LogP contribution in [-0.2, 0) is 16.1 Å². The summed E-state index contributed by atoms with van der Waals surface area (Å²) >= 11 is 0. The van der Waals surface area contributed by atoms with E-state index >= 15 is 0 Å². The number of piperidine rings is 1. The summed E-state index contributed by atoms with van der Waals surface area (Å²) < 4.78 is 5.45. The summed E-state index contributed by atoms with van der Waals surface area (Å²) in [5.41, 5.74) is 1.93. The molecule has 0 spiro atoms. The van der Waals surface area contributed by atoms with E-state index < -0.39 is 11.9 Å². The number of imide groups is 1. The molecule has 1 aromatic carbocycles. The first kappa shape index (κ1) is 13.5. The van der Waals surface area contributed by atoms with Crippen LogP contribution in [0.4, 0.5) is 0 Å². The van der Waals surface area contributed by atoms with Crippen molar-refractivity contribution in [3.63, 3.8) is 0 Å². The highest BCUT2D eigenvalue weighted by Crippen LogP contribution is 2.35. The topological polar surface area (TPSA) is 103 Å². The van der Waals surface area contributed by atoms with E-state index in [2.05, 4.69) is 11.4 Å². The third-order valence-corrected chi connectivity index (χ3v) is 4.37. The fraction of sp³-hybridized carbons (Fsp3) is 0.250. The number of amides is 3. The molecular weight excluding hydrogens is 298 g/mol. The third-order valence-electron chi connectivity index (χ3n) is 4.37. The van der Waals surface area contributed by atoms with Gasteiger partial charge in [0, 0.05) is 22.9 Å². The number of carbonyl (C=O) groups excluding carboxylic acids is 3. The van der Waals surface area contributed by atoms with Crippen molar-refractivity contribution in [3.05, 3.63) is 35.1 Å². The lowest BCUT2D eigenvalue weighted by Gasteiger charge is -2.29. The molecule has 23 heavy (non-hydrogen) atoms. The molecule has 0 bridgehead atoms. The van der Waals surface area contributed by atoms with Crippen molar-refractivity contribution >= 4 is 28.7 Å². The Bertz CT molecular complexity index is 921. The Balaban J connectivity index is 1.78. The largest absolute Gasteiger partial charge is 0.464 e. The van der Waals surface area contributed by atoms with E-state index in [1.807, 2.05) is 0 Å². The van der Waals surface area contributed by atoms with Gasteiger partial charge in [-0.25, -0.2) is 0 Å². The first-order chi connectivity index (χ1) is 11.1. The van der Waals surface area contributed by atoms with E-state index in [0.717, 1.165) is 0 Å². The Morgan fingerprint density at radius 3 is 2.91 bits per heavy atom. The van der Waals surface area contributed by atoms with Crippen LogP contribution >= 0.6 is 0 Å². The molecule has 0 saturated carbocycles. The second kappa shape index (κ2) is 4.68. The standard InChI is InChI=1S/C16H11N3O4/c17-6-8-5-10-11(14-9(8)3-4-23-14)7-19(16(10)22)12-1-2-13(20)18-15(12)21/h3-5,12H,1-2,7H2,(H,18,20,21). The molecule has 7 nitrogen and oxygen atoms in total. The molecule has 1 aromatic heterocycles. The average Bonchev–Trinajstić information content (AvgIpc) is 3.12. The van der Waals surface area contributed by atoms with Gasteiger partial charge < -0.3 is 9.32 Å². The number of nitrogens with zero attached hydrogens (tertiary/aromatic N) is 2. The highest BCUT2D eigenvalue weighted by molar-refractivity contribution is 6.08. The van der Waals surface area contributed by atoms with E-state index in [0.29, 0.717) is 34.1 Å². The van der Waals surface area contributed by atoms with Gasteiger partial charge in [0.25, 0.3) is 5.91 Å². The molecule has 114 valence electrons. The number of rotatable bonds is 1. The summed E-state index contributed by atoms with van der Waals surface area (Å²) in [5.74, 6) is -1.10. The maximum Gasteiger partial charge on any atom is 0.255 e. The maximum atomic E-state index is 12.7. The van der Waals surface area contributed by atoms with Crippen LogP contribution in [0.1, 0.15) is 34.3 Å². The Kier molecular flexibility index (Phi) is 2.75. The summed E-state index contributed by atoms with van der Waals surface area (Å²) in [5, 5.41) is 12.2. The maximum absolute atomic E-state index is 12.7. The molecule has 1 N–H and O–H groups in total. The van der Waals surface area contributed by atoms with Gasteiger partial charge >= 0.3 is 0 Å². The zero-order valence-electron chi connectivity index (χ0n) is 12.0. The molecule has 1 atom stereocenters. The van der Waals surface area contributed by atoms with Crippen molar-refractivity contribution in [2.45, 2.75) is 25.4 Å². The minimum absolute atomic E-state index is 0.205. The fourth-order valence-corrected chi connectivity index (χ4v) is 3.25. The lowest BCUT2D eigenvalue weighted by atomic mass is 10.0. The predicted molar refractivity (Wildman–Crippen MR) is 77.0 cm³/mol. The van der Waals surface area contributed by atoms with Gasteiger partial charge in [-0.2, -0.15) is 5.26 Å². The van der Waals surface area contributed by atoms with E-state index in [1.165, 1.54) is 11.2 Å². The Labute approximate surface area is 130 Å². The Morgan fingerprint density at radius 2 is 2.17 bits per heavy atom. The third kappa shape index (κ3) is 1.85. The SMILES string of the molecule is N#Cc1cc2c(c3occc13)CN(C1CCC(=O)NC1=O)C2=O. The number of hydrogen-bond donors (Lipinski definition) is 1. The number of hydrogen-bond acceptors (Lipinski definition) is 5. The van der Waals surface area contributed by atoms with Crippen molar-refractivity contribution in [2.24, 2.45) is 0 Å². The highest BCUT2D eigenvalue weighted by Gasteiger charge is 2.40. The highest BCUT2D eigenvalue weighted by atomic mass is 16.3. The van der Waals surface area contributed by atoms with Crippen LogP contribution in [0.3, 0.4) is 0 Å². The van der Waals surface area contributed by atoms with E-state index in [-0.39, 0.29) is 24.8 Å². The second-order valence-corrected chi connectivity index (χ2v) is 5.63. The van der Waals surface area contributed by atoms with Crippen molar-refractivity contribution in [1.29, 1.82) is 5.26 Å². The fourth-order valence-electron chi connectivity index (χ4n) is 3.25. The molecule has 2 aliphatic rings. The van der Waals surface area contributed by atoms with Gasteiger partial charge in [0.15, 0.2) is 0 Å². The number of carbonyl (C=O) groups is 3. The van der Waals surface area contributed by atoms with E-state index in [4.69, 9.17) is 4.42 Å². The molecule has 4 rings (SSSR count). The van der Waals surface area contributed by atoms with Gasteiger partial charge in [0.05, 0.1) is 24.4 Å². The zero-order valence-corrected chi connectivity index (χ0v) is 12.0. The summed E-state index contributed by atoms with van der Waals surface area (Å²) in [7, 11) is 0. The number of furan rings is 1. The van der Waals surface area contributed by atoms with Crippen LogP contribution < -0.4 is 5.32 Å². The lowest BCUT2D eigenvalue weighted by molar-refractivity contribution is -0.136. The molecule has 3 heterocycles. The number of benzene rings is 1. The first-order valence-electron chi connectivity index (χ1n) is 7.18. The summed E-state index contributed by atoms with van der Waals surface area (Å²) in [6.45, 7) is 0.232. The van der Waals surface area contributed by atoms with Crippen LogP contribution in [-0.4, -0.2) is 28.7 Å². The summed E-state index contributed by atoms with van der Waals surface area (Å²) in [6, 6.07) is 4.61. The Hall–Kier alpha value is -3.14. The molecule has 0 radical (unpaired) electrons. The molecule has 1 unspecified atom stereocenters. The van der Waals surface area contributed by atoms with Gasteiger partial charge in [-0.3, -0.25) is 19.7 Å². The first-order valence-corrected chi connectivity index (χ1v) is 7.18. The molecule has 2 aliphatic heterocycles. The summed E-state index contributed by atoms with van der Waals surface area (Å²) in [6.07, 6.45) is 1.98. The van der Waals surface area contributed by atoms with Gasteiger partial charge in [0.1, 0.15) is 11.6 Å².